The number of imidazole rings is 1. The number of ether oxygens (including phenoxy) is 1. The van der Waals surface area contributed by atoms with Gasteiger partial charge in [0, 0.05) is 12.0 Å². The zero-order valence-electron chi connectivity index (χ0n) is 9.08. The van der Waals surface area contributed by atoms with Crippen molar-refractivity contribution in [3.63, 3.8) is 0 Å². The van der Waals surface area contributed by atoms with Crippen molar-refractivity contribution in [3.8, 4) is 0 Å². The number of aliphatic hydroxyl groups excluding tert-OH is 1. The molecule has 0 radical (unpaired) electrons. The second-order valence-electron chi connectivity index (χ2n) is 3.89. The Hall–Kier alpha value is -1.86. The molecule has 2 aromatic rings. The number of halogens is 1. The van der Waals surface area contributed by atoms with Crippen LogP contribution in [0.4, 0.5) is 0 Å². The first-order chi connectivity index (χ1) is 8.70. The van der Waals surface area contributed by atoms with E-state index in [1.54, 1.807) is 4.57 Å². The summed E-state index contributed by atoms with van der Waals surface area (Å²) in [6.07, 6.45) is 1.86. The molecule has 94 valence electrons. The van der Waals surface area contributed by atoms with Gasteiger partial charge in [-0.05, 0) is 0 Å². The maximum absolute atomic E-state index is 11.5. The fourth-order valence-corrected chi connectivity index (χ4v) is 2.13. The number of aromatic nitrogens is 4. The van der Waals surface area contributed by atoms with Gasteiger partial charge < -0.3 is 14.8 Å². The van der Waals surface area contributed by atoms with Crippen molar-refractivity contribution < 1.29 is 9.84 Å². The summed E-state index contributed by atoms with van der Waals surface area (Å²) in [6.45, 7) is 0. The molecule has 0 spiro atoms. The van der Waals surface area contributed by atoms with Gasteiger partial charge in [0.25, 0.3) is 5.56 Å². The molecule has 1 saturated heterocycles. The number of rotatable bonds is 1. The highest BCUT2D eigenvalue weighted by molar-refractivity contribution is 6.25. The highest BCUT2D eigenvalue weighted by atomic mass is 35.5. The molecule has 18 heavy (non-hydrogen) atoms. The zero-order chi connectivity index (χ0) is 12.7. The number of aromatic amines is 1. The van der Waals surface area contributed by atoms with Crippen LogP contribution in [0.3, 0.4) is 0 Å². The molecule has 7 nitrogen and oxygen atoms in total. The molecule has 2 N–H and O–H groups in total. The number of hydrogen-bond acceptors (Lipinski definition) is 5. The van der Waals surface area contributed by atoms with Crippen LogP contribution in [0.1, 0.15) is 12.6 Å². The lowest BCUT2D eigenvalue weighted by Crippen LogP contribution is -2.10. The van der Waals surface area contributed by atoms with Gasteiger partial charge in [-0.3, -0.25) is 9.36 Å². The Labute approximate surface area is 106 Å². The van der Waals surface area contributed by atoms with Gasteiger partial charge in [0.1, 0.15) is 18.2 Å². The molecule has 0 saturated carbocycles. The van der Waals surface area contributed by atoms with Crippen LogP contribution in [0.15, 0.2) is 28.7 Å². The molecule has 2 atom stereocenters. The molecule has 0 unspecified atom stereocenters. The van der Waals surface area contributed by atoms with Gasteiger partial charge in [0.2, 0.25) is 0 Å². The topological polar surface area (TPSA) is 93.0 Å². The van der Waals surface area contributed by atoms with Crippen molar-refractivity contribution in [3.05, 3.63) is 34.3 Å². The summed E-state index contributed by atoms with van der Waals surface area (Å²) >= 11 is 5.53. The van der Waals surface area contributed by atoms with Gasteiger partial charge >= 0.3 is 0 Å². The number of aliphatic hydroxyl groups is 1. The minimum atomic E-state index is -0.757. The summed E-state index contributed by atoms with van der Waals surface area (Å²) in [4.78, 5) is 22.0. The fourth-order valence-electron chi connectivity index (χ4n) is 1.93. The maximum Gasteiger partial charge on any atom is 0.278 e. The van der Waals surface area contributed by atoms with Gasteiger partial charge in [0.15, 0.2) is 17.4 Å². The molecule has 0 bridgehead atoms. The van der Waals surface area contributed by atoms with Crippen molar-refractivity contribution in [2.45, 2.75) is 18.8 Å². The molecular formula is C10H9ClN4O3. The van der Waals surface area contributed by atoms with Crippen LogP contribution in [-0.2, 0) is 4.74 Å². The molecular weight excluding hydrogens is 260 g/mol. The lowest BCUT2D eigenvalue weighted by atomic mass is 10.2. The molecule has 0 aromatic carbocycles. The van der Waals surface area contributed by atoms with E-state index in [4.69, 9.17) is 16.3 Å². The second kappa shape index (κ2) is 4.11. The smallest absolute Gasteiger partial charge is 0.278 e. The summed E-state index contributed by atoms with van der Waals surface area (Å²) in [5.41, 5.74) is 1.53. The first-order valence-corrected chi connectivity index (χ1v) is 5.69. The van der Waals surface area contributed by atoms with Gasteiger partial charge in [-0.1, -0.05) is 11.6 Å². The molecule has 0 amide bonds. The highest BCUT2D eigenvalue weighted by Crippen LogP contribution is 2.32. The van der Waals surface area contributed by atoms with E-state index in [1.165, 1.54) is 18.2 Å². The third kappa shape index (κ3) is 1.59. The molecule has 1 aliphatic rings. The zero-order valence-corrected chi connectivity index (χ0v) is 9.83. The van der Waals surface area contributed by atoms with Crippen LogP contribution < -0.4 is 5.56 Å². The van der Waals surface area contributed by atoms with E-state index in [0.29, 0.717) is 17.8 Å². The Bertz CT molecular complexity index is 677. The Kier molecular flexibility index (Phi) is 2.57. The number of H-pyrrole nitrogens is 1. The predicted octanol–water partition coefficient (Wildman–Crippen LogP) is 0.480. The summed E-state index contributed by atoms with van der Waals surface area (Å²) < 4.78 is 7.06. The van der Waals surface area contributed by atoms with Gasteiger partial charge in [-0.15, -0.1) is 0 Å². The van der Waals surface area contributed by atoms with Crippen molar-refractivity contribution in [1.82, 2.24) is 19.5 Å². The van der Waals surface area contributed by atoms with Crippen LogP contribution in [0, 0.1) is 0 Å². The van der Waals surface area contributed by atoms with E-state index in [0.717, 1.165) is 0 Å². The number of nitrogens with one attached hydrogen (secondary N) is 1. The molecule has 8 heteroatoms. The van der Waals surface area contributed by atoms with E-state index in [1.807, 2.05) is 0 Å². The molecule has 1 fully saturated rings. The average molecular weight is 269 g/mol. The number of nitrogens with zero attached hydrogens (tertiary/aromatic N) is 3. The number of fused-ring (bicyclic) bond motifs is 1. The molecule has 1 aliphatic heterocycles. The molecule has 2 aromatic heterocycles. The van der Waals surface area contributed by atoms with Crippen molar-refractivity contribution >= 4 is 22.8 Å². The van der Waals surface area contributed by atoms with Gasteiger partial charge in [-0.2, -0.15) is 0 Å². The minimum Gasteiger partial charge on any atom is -0.471 e. The SMILES string of the molecule is O=c1[nH]cnc2c1ncn2[C@H]1C[C@H](O)/C(=C\Cl)O1. The Morgan fingerprint density at radius 1 is 1.61 bits per heavy atom. The van der Waals surface area contributed by atoms with Crippen molar-refractivity contribution in [2.75, 3.05) is 0 Å². The monoisotopic (exact) mass is 268 g/mol. The lowest BCUT2D eigenvalue weighted by molar-refractivity contribution is 0.101. The quantitative estimate of drug-likeness (QED) is 0.785. The number of hydrogen-bond donors (Lipinski definition) is 2. The van der Waals surface area contributed by atoms with Crippen LogP contribution >= 0.6 is 11.6 Å². The Morgan fingerprint density at radius 2 is 2.44 bits per heavy atom. The van der Waals surface area contributed by atoms with Gasteiger partial charge in [-0.25, -0.2) is 9.97 Å². The largest absolute Gasteiger partial charge is 0.471 e. The molecule has 3 rings (SSSR count). The first kappa shape index (κ1) is 11.2. The van der Waals surface area contributed by atoms with E-state index in [-0.39, 0.29) is 11.1 Å². The Balaban J connectivity index is 2.07. The van der Waals surface area contributed by atoms with E-state index < -0.39 is 12.3 Å². The van der Waals surface area contributed by atoms with Gasteiger partial charge in [0.05, 0.1) is 6.33 Å². The van der Waals surface area contributed by atoms with E-state index in [9.17, 15) is 9.90 Å². The van der Waals surface area contributed by atoms with E-state index in [2.05, 4.69) is 15.0 Å². The summed E-state index contributed by atoms with van der Waals surface area (Å²) in [7, 11) is 0. The summed E-state index contributed by atoms with van der Waals surface area (Å²) in [6, 6.07) is 0. The van der Waals surface area contributed by atoms with Crippen LogP contribution in [0.25, 0.3) is 11.2 Å². The second-order valence-corrected chi connectivity index (χ2v) is 4.11. The summed E-state index contributed by atoms with van der Waals surface area (Å²) in [5.74, 6) is 0.299. The average Bonchev–Trinajstić information content (AvgIpc) is 2.93. The fraction of sp³-hybridized carbons (Fsp3) is 0.300. The predicted molar refractivity (Wildman–Crippen MR) is 62.8 cm³/mol. The van der Waals surface area contributed by atoms with Crippen LogP contribution in [0.5, 0.6) is 0 Å². The van der Waals surface area contributed by atoms with E-state index >= 15 is 0 Å². The third-order valence-electron chi connectivity index (χ3n) is 2.81. The first-order valence-electron chi connectivity index (χ1n) is 5.26. The standard InChI is InChI=1S/C10H9ClN4O3/c11-2-6-5(16)1-7(18-6)15-4-14-8-9(15)12-3-13-10(8)17/h2-5,7,16H,1H2,(H,12,13,17)/b6-2+/t5-,7+/m0/s1. The highest BCUT2D eigenvalue weighted by Gasteiger charge is 2.31. The Morgan fingerprint density at radius 3 is 3.17 bits per heavy atom. The molecule has 0 aliphatic carbocycles. The lowest BCUT2D eigenvalue weighted by Gasteiger charge is -2.11. The third-order valence-corrected chi connectivity index (χ3v) is 3.02. The van der Waals surface area contributed by atoms with Crippen molar-refractivity contribution in [1.29, 1.82) is 0 Å². The van der Waals surface area contributed by atoms with Crippen molar-refractivity contribution in [2.24, 2.45) is 0 Å². The maximum atomic E-state index is 11.5. The van der Waals surface area contributed by atoms with Crippen LogP contribution in [0.2, 0.25) is 0 Å². The summed E-state index contributed by atoms with van der Waals surface area (Å²) in [5, 5.41) is 9.69. The molecule has 3 heterocycles. The normalized spacial score (nSPS) is 25.8. The van der Waals surface area contributed by atoms with Crippen LogP contribution in [-0.4, -0.2) is 30.7 Å². The minimum absolute atomic E-state index is 0.235.